The first-order valence-electron chi connectivity index (χ1n) is 10.5. The molecule has 1 saturated carbocycles. The van der Waals surface area contributed by atoms with Gasteiger partial charge in [0.05, 0.1) is 5.92 Å². The third-order valence-electron chi connectivity index (χ3n) is 6.29. The monoisotopic (exact) mass is 389 g/mol. The Morgan fingerprint density at radius 3 is 2.59 bits per heavy atom. The average Bonchev–Trinajstić information content (AvgIpc) is 3.44. The quantitative estimate of drug-likeness (QED) is 0.813. The normalized spacial score (nSPS) is 24.7. The summed E-state index contributed by atoms with van der Waals surface area (Å²) in [5, 5.41) is 5.23. The molecule has 148 valence electrons. The van der Waals surface area contributed by atoms with E-state index in [4.69, 9.17) is 0 Å². The lowest BCUT2D eigenvalue weighted by atomic mass is 9.93. The highest BCUT2D eigenvalue weighted by molar-refractivity contribution is 7.09. The van der Waals surface area contributed by atoms with Gasteiger partial charge >= 0.3 is 0 Å². The molecule has 5 nitrogen and oxygen atoms in total. The van der Waals surface area contributed by atoms with Crippen LogP contribution in [-0.2, 0) is 16.0 Å². The molecule has 2 aliphatic heterocycles. The first-order valence-corrected chi connectivity index (χ1v) is 11.4. The van der Waals surface area contributed by atoms with Gasteiger partial charge in [-0.2, -0.15) is 0 Å². The van der Waals surface area contributed by atoms with Gasteiger partial charge in [-0.05, 0) is 62.9 Å². The van der Waals surface area contributed by atoms with Crippen LogP contribution in [0.25, 0.3) is 0 Å². The number of nitrogens with one attached hydrogen (secondary N) is 1. The Morgan fingerprint density at radius 1 is 1.07 bits per heavy atom. The Kier molecular flexibility index (Phi) is 6.13. The van der Waals surface area contributed by atoms with E-state index in [9.17, 15) is 9.59 Å². The zero-order chi connectivity index (χ0) is 18.6. The molecule has 6 heteroatoms. The largest absolute Gasteiger partial charge is 0.355 e. The molecular weight excluding hydrogens is 358 g/mol. The molecule has 0 bridgehead atoms. The Labute approximate surface area is 166 Å². The molecule has 1 aromatic heterocycles. The van der Waals surface area contributed by atoms with Crippen LogP contribution in [0.2, 0.25) is 0 Å². The third-order valence-corrected chi connectivity index (χ3v) is 7.23. The Balaban J connectivity index is 1.20. The van der Waals surface area contributed by atoms with Gasteiger partial charge in [0.25, 0.3) is 0 Å². The van der Waals surface area contributed by atoms with Crippen molar-refractivity contribution in [3.63, 3.8) is 0 Å². The smallest absolute Gasteiger partial charge is 0.225 e. The predicted molar refractivity (Wildman–Crippen MR) is 108 cm³/mol. The minimum absolute atomic E-state index is 0.119. The molecule has 0 radical (unpaired) electrons. The van der Waals surface area contributed by atoms with Gasteiger partial charge in [0, 0.05) is 43.0 Å². The first-order chi connectivity index (χ1) is 13.2. The van der Waals surface area contributed by atoms with Crippen LogP contribution in [0.3, 0.4) is 0 Å². The molecule has 3 fully saturated rings. The maximum Gasteiger partial charge on any atom is 0.225 e. The second-order valence-electron chi connectivity index (χ2n) is 8.29. The molecule has 3 aliphatic rings. The summed E-state index contributed by atoms with van der Waals surface area (Å²) in [5.74, 6) is 1.06. The second kappa shape index (κ2) is 8.74. The molecule has 0 spiro atoms. The molecule has 4 rings (SSSR count). The zero-order valence-electron chi connectivity index (χ0n) is 16.1. The Bertz CT molecular complexity index is 636. The van der Waals surface area contributed by atoms with Crippen LogP contribution in [0, 0.1) is 11.8 Å². The molecule has 1 aliphatic carbocycles. The van der Waals surface area contributed by atoms with Crippen molar-refractivity contribution in [3.8, 4) is 0 Å². The van der Waals surface area contributed by atoms with Gasteiger partial charge < -0.3 is 10.2 Å². The van der Waals surface area contributed by atoms with Gasteiger partial charge in [0.15, 0.2) is 0 Å². The van der Waals surface area contributed by atoms with Gasteiger partial charge in [-0.25, -0.2) is 0 Å². The molecular formula is C21H31N3O2S. The number of hydrogen-bond donors (Lipinski definition) is 1. The fraction of sp³-hybridized carbons (Fsp3) is 0.714. The van der Waals surface area contributed by atoms with Gasteiger partial charge in [-0.15, -0.1) is 11.3 Å². The van der Waals surface area contributed by atoms with Crippen molar-refractivity contribution < 1.29 is 9.59 Å². The first kappa shape index (κ1) is 18.9. The van der Waals surface area contributed by atoms with Crippen LogP contribution in [0.15, 0.2) is 17.5 Å². The van der Waals surface area contributed by atoms with Crippen LogP contribution >= 0.6 is 11.3 Å². The number of piperidine rings is 2. The maximum atomic E-state index is 12.6. The number of rotatable bonds is 6. The lowest BCUT2D eigenvalue weighted by Crippen LogP contribution is -2.51. The van der Waals surface area contributed by atoms with Crippen molar-refractivity contribution in [1.29, 1.82) is 0 Å². The SMILES string of the molecule is O=C(NCCc1cccs1)[C@@H]1CCCN(C2CCN(C(=O)C3CC3)CC2)C1. The average molecular weight is 390 g/mol. The summed E-state index contributed by atoms with van der Waals surface area (Å²) in [5.41, 5.74) is 0. The summed E-state index contributed by atoms with van der Waals surface area (Å²) in [7, 11) is 0. The Morgan fingerprint density at radius 2 is 1.89 bits per heavy atom. The van der Waals surface area contributed by atoms with Crippen LogP contribution in [-0.4, -0.2) is 60.4 Å². The van der Waals surface area contributed by atoms with E-state index in [2.05, 4.69) is 32.6 Å². The van der Waals surface area contributed by atoms with Gasteiger partial charge in [-0.3, -0.25) is 14.5 Å². The molecule has 0 unspecified atom stereocenters. The highest BCUT2D eigenvalue weighted by Crippen LogP contribution is 2.32. The number of carbonyl (C=O) groups excluding carboxylic acids is 2. The number of thiophene rings is 1. The second-order valence-corrected chi connectivity index (χ2v) is 9.32. The van der Waals surface area contributed by atoms with Crippen LogP contribution in [0.4, 0.5) is 0 Å². The fourth-order valence-corrected chi connectivity index (χ4v) is 5.21. The summed E-state index contributed by atoms with van der Waals surface area (Å²) < 4.78 is 0. The third kappa shape index (κ3) is 4.91. The van der Waals surface area contributed by atoms with Crippen molar-refractivity contribution in [2.75, 3.05) is 32.7 Å². The number of likely N-dealkylation sites (tertiary alicyclic amines) is 2. The van der Waals surface area contributed by atoms with Crippen LogP contribution in [0.5, 0.6) is 0 Å². The number of carbonyl (C=O) groups is 2. The summed E-state index contributed by atoms with van der Waals surface area (Å²) in [4.78, 5) is 30.7. The van der Waals surface area contributed by atoms with Gasteiger partial charge in [0.1, 0.15) is 0 Å². The molecule has 1 N–H and O–H groups in total. The summed E-state index contributed by atoms with van der Waals surface area (Å²) in [6, 6.07) is 4.72. The summed E-state index contributed by atoms with van der Waals surface area (Å²) in [6.45, 7) is 4.51. The van der Waals surface area contributed by atoms with Crippen molar-refractivity contribution in [3.05, 3.63) is 22.4 Å². The lowest BCUT2D eigenvalue weighted by Gasteiger charge is -2.42. The molecule has 2 saturated heterocycles. The molecule has 2 amide bonds. The number of nitrogens with zero attached hydrogens (tertiary/aromatic N) is 2. The number of hydrogen-bond acceptors (Lipinski definition) is 4. The molecule has 27 heavy (non-hydrogen) atoms. The summed E-state index contributed by atoms with van der Waals surface area (Å²) >= 11 is 1.75. The zero-order valence-corrected chi connectivity index (χ0v) is 16.9. The topological polar surface area (TPSA) is 52.7 Å². The van der Waals surface area contributed by atoms with Crippen molar-refractivity contribution in [1.82, 2.24) is 15.1 Å². The minimum Gasteiger partial charge on any atom is -0.355 e. The standard InChI is InChI=1S/C21H31N3O2S/c25-20(22-10-7-19-4-2-14-27-19)17-3-1-11-24(15-17)18-8-12-23(13-9-18)21(26)16-5-6-16/h2,4,14,16-18H,1,3,5-13,15H2,(H,22,25)/t17-/m1/s1. The highest BCUT2D eigenvalue weighted by atomic mass is 32.1. The molecule has 3 heterocycles. The molecule has 1 atom stereocenters. The van der Waals surface area contributed by atoms with Gasteiger partial charge in [0.2, 0.25) is 11.8 Å². The van der Waals surface area contributed by atoms with E-state index < -0.39 is 0 Å². The van der Waals surface area contributed by atoms with Crippen LogP contribution in [0.1, 0.15) is 43.4 Å². The van der Waals surface area contributed by atoms with Crippen molar-refractivity contribution in [2.45, 2.75) is 51.0 Å². The van der Waals surface area contributed by atoms with E-state index in [1.165, 1.54) is 4.88 Å². The van der Waals surface area contributed by atoms with Gasteiger partial charge in [-0.1, -0.05) is 6.07 Å². The minimum atomic E-state index is 0.119. The van der Waals surface area contributed by atoms with Crippen molar-refractivity contribution in [2.24, 2.45) is 11.8 Å². The lowest BCUT2D eigenvalue weighted by molar-refractivity contribution is -0.134. The van der Waals surface area contributed by atoms with E-state index in [-0.39, 0.29) is 11.8 Å². The maximum absolute atomic E-state index is 12.6. The van der Waals surface area contributed by atoms with Crippen molar-refractivity contribution >= 4 is 23.2 Å². The molecule has 0 aromatic carbocycles. The van der Waals surface area contributed by atoms with E-state index in [1.54, 1.807) is 11.3 Å². The summed E-state index contributed by atoms with van der Waals surface area (Å²) in [6.07, 6.45) is 7.33. The van der Waals surface area contributed by atoms with E-state index in [0.29, 0.717) is 17.9 Å². The fourth-order valence-electron chi connectivity index (χ4n) is 4.50. The Hall–Kier alpha value is -1.40. The number of amides is 2. The highest BCUT2D eigenvalue weighted by Gasteiger charge is 2.37. The van der Waals surface area contributed by atoms with E-state index >= 15 is 0 Å². The van der Waals surface area contributed by atoms with Crippen LogP contribution < -0.4 is 5.32 Å². The van der Waals surface area contributed by atoms with E-state index in [0.717, 1.165) is 77.7 Å². The van der Waals surface area contributed by atoms with E-state index in [1.807, 2.05) is 0 Å². The predicted octanol–water partition coefficient (Wildman–Crippen LogP) is 2.52. The molecule has 1 aromatic rings.